The van der Waals surface area contributed by atoms with Gasteiger partial charge in [0.2, 0.25) is 0 Å². The fourth-order valence-electron chi connectivity index (χ4n) is 2.95. The first-order chi connectivity index (χ1) is 9.86. The van der Waals surface area contributed by atoms with Gasteiger partial charge in [-0.25, -0.2) is 0 Å². The van der Waals surface area contributed by atoms with Crippen LogP contribution in [0.3, 0.4) is 0 Å². The van der Waals surface area contributed by atoms with E-state index in [0.29, 0.717) is 0 Å². The Morgan fingerprint density at radius 2 is 2.25 bits per heavy atom. The summed E-state index contributed by atoms with van der Waals surface area (Å²) in [6.45, 7) is 6.79. The number of para-hydroxylation sites is 1. The van der Waals surface area contributed by atoms with Crippen molar-refractivity contribution in [1.29, 1.82) is 0 Å². The Balaban J connectivity index is 1.66. The second kappa shape index (κ2) is 6.23. The predicted octanol–water partition coefficient (Wildman–Crippen LogP) is 3.06. The lowest BCUT2D eigenvalue weighted by Gasteiger charge is -2.19. The van der Waals surface area contributed by atoms with Crippen LogP contribution in [0.15, 0.2) is 36.5 Å². The van der Waals surface area contributed by atoms with Crippen molar-refractivity contribution in [2.75, 3.05) is 31.1 Å². The molecular weight excluding hydrogens is 246 g/mol. The van der Waals surface area contributed by atoms with E-state index in [9.17, 15) is 0 Å². The van der Waals surface area contributed by atoms with Crippen molar-refractivity contribution in [3.8, 4) is 0 Å². The van der Waals surface area contributed by atoms with E-state index in [-0.39, 0.29) is 0 Å². The summed E-state index contributed by atoms with van der Waals surface area (Å²) in [5.74, 6) is 0.771. The zero-order valence-corrected chi connectivity index (χ0v) is 12.2. The predicted molar refractivity (Wildman–Crippen MR) is 85.2 cm³/mol. The molecule has 1 fully saturated rings. The van der Waals surface area contributed by atoms with Crippen molar-refractivity contribution < 1.29 is 0 Å². The van der Waals surface area contributed by atoms with Gasteiger partial charge in [0, 0.05) is 18.5 Å². The molecule has 0 amide bonds. The SMILES string of the molecule is CCCNCC1CCN(c2cnc3ccccc3c2)C1. The molecule has 1 aliphatic heterocycles. The van der Waals surface area contributed by atoms with E-state index in [4.69, 9.17) is 0 Å². The molecule has 1 aromatic heterocycles. The Labute approximate surface area is 121 Å². The van der Waals surface area contributed by atoms with Crippen LogP contribution in [0.5, 0.6) is 0 Å². The van der Waals surface area contributed by atoms with Crippen molar-refractivity contribution in [2.45, 2.75) is 19.8 Å². The first kappa shape index (κ1) is 13.4. The molecule has 3 rings (SSSR count). The minimum absolute atomic E-state index is 0.771. The van der Waals surface area contributed by atoms with Crippen LogP contribution >= 0.6 is 0 Å². The molecule has 3 heteroatoms. The zero-order valence-electron chi connectivity index (χ0n) is 12.2. The first-order valence-corrected chi connectivity index (χ1v) is 7.67. The van der Waals surface area contributed by atoms with Crippen LogP contribution in [-0.2, 0) is 0 Å². The van der Waals surface area contributed by atoms with Gasteiger partial charge in [-0.3, -0.25) is 4.98 Å². The highest BCUT2D eigenvalue weighted by molar-refractivity contribution is 5.81. The van der Waals surface area contributed by atoms with Crippen LogP contribution in [-0.4, -0.2) is 31.2 Å². The molecule has 106 valence electrons. The maximum absolute atomic E-state index is 4.57. The van der Waals surface area contributed by atoms with Crippen LogP contribution < -0.4 is 10.2 Å². The number of fused-ring (bicyclic) bond motifs is 1. The third-order valence-corrected chi connectivity index (χ3v) is 4.09. The average molecular weight is 269 g/mol. The van der Waals surface area contributed by atoms with Gasteiger partial charge in [-0.15, -0.1) is 0 Å². The van der Waals surface area contributed by atoms with E-state index in [1.54, 1.807) is 0 Å². The molecule has 2 aromatic rings. The van der Waals surface area contributed by atoms with Gasteiger partial charge in [0.15, 0.2) is 0 Å². The largest absolute Gasteiger partial charge is 0.370 e. The van der Waals surface area contributed by atoms with Crippen molar-refractivity contribution >= 4 is 16.6 Å². The number of pyridine rings is 1. The average Bonchev–Trinajstić information content (AvgIpc) is 2.96. The number of nitrogens with zero attached hydrogens (tertiary/aromatic N) is 2. The lowest BCUT2D eigenvalue weighted by molar-refractivity contribution is 0.516. The molecule has 0 bridgehead atoms. The molecule has 0 radical (unpaired) electrons. The van der Waals surface area contributed by atoms with Crippen molar-refractivity contribution in [3.63, 3.8) is 0 Å². The van der Waals surface area contributed by atoms with Crippen molar-refractivity contribution in [2.24, 2.45) is 5.92 Å². The first-order valence-electron chi connectivity index (χ1n) is 7.67. The molecule has 20 heavy (non-hydrogen) atoms. The number of hydrogen-bond donors (Lipinski definition) is 1. The smallest absolute Gasteiger partial charge is 0.0703 e. The van der Waals surface area contributed by atoms with Crippen LogP contribution in [0.1, 0.15) is 19.8 Å². The monoisotopic (exact) mass is 269 g/mol. The molecule has 1 aliphatic rings. The van der Waals surface area contributed by atoms with Crippen LogP contribution in [0.4, 0.5) is 5.69 Å². The van der Waals surface area contributed by atoms with Crippen LogP contribution in [0.25, 0.3) is 10.9 Å². The summed E-state index contributed by atoms with van der Waals surface area (Å²) in [5.41, 5.74) is 2.35. The van der Waals surface area contributed by atoms with Crippen LogP contribution in [0, 0.1) is 5.92 Å². The lowest BCUT2D eigenvalue weighted by Crippen LogP contribution is -2.26. The second-order valence-electron chi connectivity index (χ2n) is 5.69. The van der Waals surface area contributed by atoms with Gasteiger partial charge in [-0.2, -0.15) is 0 Å². The standard InChI is InChI=1S/C17H23N3/c1-2-8-18-11-14-7-9-20(13-14)16-10-15-5-3-4-6-17(15)19-12-16/h3-6,10,12,14,18H,2,7-9,11,13H2,1H3. The fraction of sp³-hybridized carbons (Fsp3) is 0.471. The topological polar surface area (TPSA) is 28.2 Å². The summed E-state index contributed by atoms with van der Waals surface area (Å²) in [6, 6.07) is 10.6. The summed E-state index contributed by atoms with van der Waals surface area (Å²) in [6.07, 6.45) is 4.51. The maximum Gasteiger partial charge on any atom is 0.0703 e. The minimum atomic E-state index is 0.771. The molecule has 0 aliphatic carbocycles. The van der Waals surface area contributed by atoms with E-state index < -0.39 is 0 Å². The van der Waals surface area contributed by atoms with Crippen LogP contribution in [0.2, 0.25) is 0 Å². The minimum Gasteiger partial charge on any atom is -0.370 e. The normalized spacial score (nSPS) is 18.9. The lowest BCUT2D eigenvalue weighted by atomic mass is 10.1. The highest BCUT2D eigenvalue weighted by atomic mass is 15.2. The Morgan fingerprint density at radius 3 is 3.15 bits per heavy atom. The number of benzene rings is 1. The van der Waals surface area contributed by atoms with E-state index in [2.05, 4.69) is 46.4 Å². The van der Waals surface area contributed by atoms with E-state index in [1.807, 2.05) is 12.3 Å². The molecular formula is C17H23N3. The van der Waals surface area contributed by atoms with Gasteiger partial charge in [0.05, 0.1) is 17.4 Å². The summed E-state index contributed by atoms with van der Waals surface area (Å²) in [4.78, 5) is 7.04. The molecule has 2 heterocycles. The highest BCUT2D eigenvalue weighted by Gasteiger charge is 2.22. The summed E-state index contributed by atoms with van der Waals surface area (Å²) in [7, 11) is 0. The van der Waals surface area contributed by atoms with Gasteiger partial charge in [-0.1, -0.05) is 25.1 Å². The molecule has 1 aromatic carbocycles. The summed E-state index contributed by atoms with van der Waals surface area (Å²) in [5, 5.41) is 4.77. The van der Waals surface area contributed by atoms with E-state index in [0.717, 1.165) is 37.6 Å². The Morgan fingerprint density at radius 1 is 1.35 bits per heavy atom. The quantitative estimate of drug-likeness (QED) is 0.846. The fourth-order valence-corrected chi connectivity index (χ4v) is 2.95. The van der Waals surface area contributed by atoms with Gasteiger partial charge in [-0.05, 0) is 44.0 Å². The Kier molecular flexibility index (Phi) is 4.16. The molecule has 3 nitrogen and oxygen atoms in total. The third-order valence-electron chi connectivity index (χ3n) is 4.09. The summed E-state index contributed by atoms with van der Waals surface area (Å²) >= 11 is 0. The van der Waals surface area contributed by atoms with E-state index >= 15 is 0 Å². The number of rotatable bonds is 5. The highest BCUT2D eigenvalue weighted by Crippen LogP contribution is 2.25. The zero-order chi connectivity index (χ0) is 13.8. The number of anilines is 1. The van der Waals surface area contributed by atoms with Crippen molar-refractivity contribution in [1.82, 2.24) is 10.3 Å². The Bertz CT molecular complexity index is 567. The van der Waals surface area contributed by atoms with Gasteiger partial charge in [0.1, 0.15) is 0 Å². The van der Waals surface area contributed by atoms with E-state index in [1.165, 1.54) is 23.9 Å². The second-order valence-corrected chi connectivity index (χ2v) is 5.69. The third kappa shape index (κ3) is 2.93. The molecule has 1 unspecified atom stereocenters. The van der Waals surface area contributed by atoms with Gasteiger partial charge >= 0.3 is 0 Å². The number of aromatic nitrogens is 1. The maximum atomic E-state index is 4.57. The molecule has 0 saturated carbocycles. The molecule has 0 spiro atoms. The van der Waals surface area contributed by atoms with Gasteiger partial charge in [0.25, 0.3) is 0 Å². The number of hydrogen-bond acceptors (Lipinski definition) is 3. The molecule has 1 N–H and O–H groups in total. The van der Waals surface area contributed by atoms with Crippen molar-refractivity contribution in [3.05, 3.63) is 36.5 Å². The summed E-state index contributed by atoms with van der Waals surface area (Å²) < 4.78 is 0. The Hall–Kier alpha value is -1.61. The number of nitrogens with one attached hydrogen (secondary N) is 1. The molecule has 1 saturated heterocycles. The van der Waals surface area contributed by atoms with Gasteiger partial charge < -0.3 is 10.2 Å². The molecule has 1 atom stereocenters.